The molecule has 0 aromatic heterocycles. The lowest BCUT2D eigenvalue weighted by atomic mass is 10.3. The molecule has 0 aliphatic carbocycles. The Labute approximate surface area is 80.3 Å². The molecule has 0 unspecified atom stereocenters. The number of rotatable bonds is 3. The van der Waals surface area contributed by atoms with Gasteiger partial charge in [0.1, 0.15) is 5.75 Å². The monoisotopic (exact) mass is 222 g/mol. The molecular weight excluding hydrogens is 214 g/mol. The zero-order valence-electron chi connectivity index (χ0n) is 6.55. The molecule has 0 aliphatic rings. The van der Waals surface area contributed by atoms with Crippen LogP contribution >= 0.6 is 19.2 Å². The Morgan fingerprint density at radius 3 is 2.54 bits per heavy atom. The van der Waals surface area contributed by atoms with Gasteiger partial charge in [-0.3, -0.25) is 4.57 Å². The molecule has 6 heteroatoms. The zero-order chi connectivity index (χ0) is 9.90. The molecule has 0 saturated carbocycles. The van der Waals surface area contributed by atoms with Crippen LogP contribution in [0.1, 0.15) is 0 Å². The first-order chi connectivity index (χ1) is 5.99. The van der Waals surface area contributed by atoms with Gasteiger partial charge in [-0.2, -0.15) is 0 Å². The van der Waals surface area contributed by atoms with E-state index in [0.717, 1.165) is 0 Å². The van der Waals surface area contributed by atoms with E-state index in [1.165, 1.54) is 6.07 Å². The van der Waals surface area contributed by atoms with Crippen LogP contribution in [-0.2, 0) is 4.57 Å². The van der Waals surface area contributed by atoms with E-state index < -0.39 is 13.9 Å². The summed E-state index contributed by atoms with van der Waals surface area (Å²) in [7, 11) is -4.13. The van der Waals surface area contributed by atoms with Crippen LogP contribution in [0.5, 0.6) is 5.75 Å². The highest BCUT2D eigenvalue weighted by Gasteiger charge is 2.14. The van der Waals surface area contributed by atoms with Crippen LogP contribution in [0.4, 0.5) is 0 Å². The summed E-state index contributed by atoms with van der Waals surface area (Å²) in [6, 6.07) is 6.49. The largest absolute Gasteiger partial charge is 0.479 e. The van der Waals surface area contributed by atoms with Crippen LogP contribution in [-0.4, -0.2) is 16.1 Å². The molecule has 0 heterocycles. The molecule has 1 aromatic carbocycles. The topological polar surface area (TPSA) is 66.8 Å². The van der Waals surface area contributed by atoms with Crippen molar-refractivity contribution < 1.29 is 19.1 Å². The molecule has 0 bridgehead atoms. The average Bonchev–Trinajstić information content (AvgIpc) is 2.01. The molecule has 0 radical (unpaired) electrons. The number of hydrogen-bond donors (Lipinski definition) is 2. The molecule has 1 rings (SSSR count). The van der Waals surface area contributed by atoms with Crippen molar-refractivity contribution in [3.8, 4) is 5.75 Å². The van der Waals surface area contributed by atoms with E-state index >= 15 is 0 Å². The third kappa shape index (κ3) is 3.79. The maximum absolute atomic E-state index is 10.4. The van der Waals surface area contributed by atoms with Crippen molar-refractivity contribution in [1.29, 1.82) is 0 Å². The van der Waals surface area contributed by atoms with E-state index in [4.69, 9.17) is 26.1 Å². The van der Waals surface area contributed by atoms with Crippen LogP contribution < -0.4 is 4.74 Å². The van der Waals surface area contributed by atoms with Crippen LogP contribution in [0.2, 0.25) is 5.02 Å². The Hall–Kier alpha value is -0.540. The third-order valence-electron chi connectivity index (χ3n) is 1.22. The lowest BCUT2D eigenvalue weighted by Gasteiger charge is -2.07. The first kappa shape index (κ1) is 10.5. The van der Waals surface area contributed by atoms with E-state index in [-0.39, 0.29) is 5.75 Å². The van der Waals surface area contributed by atoms with Crippen molar-refractivity contribution in [3.05, 3.63) is 29.3 Å². The van der Waals surface area contributed by atoms with Crippen LogP contribution in [0.25, 0.3) is 0 Å². The van der Waals surface area contributed by atoms with Gasteiger partial charge < -0.3 is 14.5 Å². The second kappa shape index (κ2) is 4.11. The first-order valence-corrected chi connectivity index (χ1v) is 5.58. The summed E-state index contributed by atoms with van der Waals surface area (Å²) in [5.41, 5.74) is 0. The molecule has 1 aromatic rings. The van der Waals surface area contributed by atoms with Crippen molar-refractivity contribution in [2.45, 2.75) is 0 Å². The number of benzene rings is 1. The second-order valence-electron chi connectivity index (χ2n) is 2.37. The van der Waals surface area contributed by atoms with Gasteiger partial charge in [0.25, 0.3) is 0 Å². The third-order valence-corrected chi connectivity index (χ3v) is 2.00. The molecule has 4 nitrogen and oxygen atoms in total. The minimum absolute atomic E-state index is 0.271. The molecule has 2 N–H and O–H groups in total. The number of halogens is 1. The van der Waals surface area contributed by atoms with Gasteiger partial charge in [-0.1, -0.05) is 23.7 Å². The standard InChI is InChI=1S/C7H8ClO4P/c8-6-3-1-2-4-7(6)12-5-13(9,10)11/h1-4H,5H2,(H2,9,10,11). The number of ether oxygens (including phenoxy) is 1. The van der Waals surface area contributed by atoms with Gasteiger partial charge in [0.05, 0.1) is 5.02 Å². The lowest BCUT2D eigenvalue weighted by molar-refractivity contribution is 0.300. The molecular formula is C7H8ClO4P. The molecule has 0 spiro atoms. The Morgan fingerprint density at radius 2 is 2.00 bits per heavy atom. The smallest absolute Gasteiger partial charge is 0.362 e. The fourth-order valence-electron chi connectivity index (χ4n) is 0.715. The lowest BCUT2D eigenvalue weighted by Crippen LogP contribution is -1.98. The van der Waals surface area contributed by atoms with Crippen molar-refractivity contribution >= 4 is 19.2 Å². The average molecular weight is 223 g/mol. The highest BCUT2D eigenvalue weighted by Crippen LogP contribution is 2.35. The summed E-state index contributed by atoms with van der Waals surface area (Å²) in [5, 5.41) is 0.330. The molecule has 0 amide bonds. The van der Waals surface area contributed by atoms with Crippen molar-refractivity contribution in [2.24, 2.45) is 0 Å². The molecule has 13 heavy (non-hydrogen) atoms. The SMILES string of the molecule is O=P(O)(O)COc1ccccc1Cl. The summed E-state index contributed by atoms with van der Waals surface area (Å²) in [6.45, 7) is 0. The first-order valence-electron chi connectivity index (χ1n) is 3.41. The van der Waals surface area contributed by atoms with E-state index in [2.05, 4.69) is 0 Å². The quantitative estimate of drug-likeness (QED) is 0.766. The summed E-state index contributed by atoms with van der Waals surface area (Å²) < 4.78 is 15.2. The van der Waals surface area contributed by atoms with E-state index in [0.29, 0.717) is 5.02 Å². The van der Waals surface area contributed by atoms with Gasteiger partial charge in [0, 0.05) is 0 Å². The summed E-state index contributed by atoms with van der Waals surface area (Å²) in [5.74, 6) is 0.271. The van der Waals surface area contributed by atoms with Crippen molar-refractivity contribution in [1.82, 2.24) is 0 Å². The second-order valence-corrected chi connectivity index (χ2v) is 4.36. The Balaban J connectivity index is 2.65. The van der Waals surface area contributed by atoms with Gasteiger partial charge in [-0.25, -0.2) is 0 Å². The summed E-state index contributed by atoms with van der Waals surface area (Å²) in [6.07, 6.45) is -0.656. The van der Waals surface area contributed by atoms with Gasteiger partial charge in [0.15, 0.2) is 6.35 Å². The Bertz CT molecular complexity index is 335. The Morgan fingerprint density at radius 1 is 1.38 bits per heavy atom. The van der Waals surface area contributed by atoms with Crippen molar-refractivity contribution in [2.75, 3.05) is 6.35 Å². The summed E-state index contributed by atoms with van der Waals surface area (Å²) in [4.78, 5) is 17.0. The fraction of sp³-hybridized carbons (Fsp3) is 0.143. The molecule has 72 valence electrons. The zero-order valence-corrected chi connectivity index (χ0v) is 8.20. The van der Waals surface area contributed by atoms with Gasteiger partial charge in [-0.15, -0.1) is 0 Å². The molecule has 0 aliphatic heterocycles. The minimum Gasteiger partial charge on any atom is -0.479 e. The molecule has 0 atom stereocenters. The summed E-state index contributed by atoms with van der Waals surface area (Å²) >= 11 is 5.68. The maximum Gasteiger partial charge on any atom is 0.362 e. The highest BCUT2D eigenvalue weighted by atomic mass is 35.5. The molecule has 0 saturated heterocycles. The maximum atomic E-state index is 10.4. The van der Waals surface area contributed by atoms with E-state index in [1.54, 1.807) is 18.2 Å². The molecule has 0 fully saturated rings. The number of hydrogen-bond acceptors (Lipinski definition) is 2. The normalized spacial score (nSPS) is 11.3. The predicted molar refractivity (Wildman–Crippen MR) is 49.0 cm³/mol. The van der Waals surface area contributed by atoms with Crippen LogP contribution in [0, 0.1) is 0 Å². The highest BCUT2D eigenvalue weighted by molar-refractivity contribution is 7.51. The predicted octanol–water partition coefficient (Wildman–Crippen LogP) is 1.85. The Kier molecular flexibility index (Phi) is 3.33. The van der Waals surface area contributed by atoms with E-state index in [9.17, 15) is 4.57 Å². The van der Waals surface area contributed by atoms with E-state index in [1.807, 2.05) is 0 Å². The van der Waals surface area contributed by atoms with Gasteiger partial charge >= 0.3 is 7.60 Å². The van der Waals surface area contributed by atoms with Crippen molar-refractivity contribution in [3.63, 3.8) is 0 Å². The van der Waals surface area contributed by atoms with Crippen LogP contribution in [0.15, 0.2) is 24.3 Å². The van der Waals surface area contributed by atoms with Gasteiger partial charge in [0.2, 0.25) is 0 Å². The minimum atomic E-state index is -4.13. The van der Waals surface area contributed by atoms with Gasteiger partial charge in [-0.05, 0) is 12.1 Å². The fourth-order valence-corrected chi connectivity index (χ4v) is 1.21. The van der Waals surface area contributed by atoms with Crippen LogP contribution in [0.3, 0.4) is 0 Å². The number of para-hydroxylation sites is 1.